The standard InChI is InChI=1S/C13H18N2/c1-9-11-6-10-7-13(2,3)8-12(10)15(11)5-4-14-9/h6,14H,1,4-5,7-8H2,2-3H3. The van der Waals surface area contributed by atoms with Crippen LogP contribution in [0.5, 0.6) is 0 Å². The second-order valence-corrected chi connectivity index (χ2v) is 5.58. The van der Waals surface area contributed by atoms with Crippen LogP contribution in [0.2, 0.25) is 0 Å². The molecule has 1 aromatic heterocycles. The summed E-state index contributed by atoms with van der Waals surface area (Å²) in [4.78, 5) is 0. The maximum absolute atomic E-state index is 4.07. The van der Waals surface area contributed by atoms with Gasteiger partial charge in [0.25, 0.3) is 0 Å². The highest BCUT2D eigenvalue weighted by Crippen LogP contribution is 2.39. The van der Waals surface area contributed by atoms with Crippen molar-refractivity contribution in [1.29, 1.82) is 0 Å². The van der Waals surface area contributed by atoms with E-state index in [0.29, 0.717) is 5.41 Å². The van der Waals surface area contributed by atoms with Crippen LogP contribution in [0.1, 0.15) is 30.8 Å². The minimum Gasteiger partial charge on any atom is -0.382 e. The molecular weight excluding hydrogens is 184 g/mol. The smallest absolute Gasteiger partial charge is 0.0641 e. The summed E-state index contributed by atoms with van der Waals surface area (Å²) in [7, 11) is 0. The second-order valence-electron chi connectivity index (χ2n) is 5.58. The Hall–Kier alpha value is -1.18. The molecular formula is C13H18N2. The molecule has 15 heavy (non-hydrogen) atoms. The maximum atomic E-state index is 4.07. The van der Waals surface area contributed by atoms with Gasteiger partial charge in [0.05, 0.1) is 11.4 Å². The summed E-state index contributed by atoms with van der Waals surface area (Å²) in [5, 5.41) is 3.33. The molecule has 0 bridgehead atoms. The van der Waals surface area contributed by atoms with Gasteiger partial charge in [0.2, 0.25) is 0 Å². The molecule has 80 valence electrons. The molecule has 0 unspecified atom stereocenters. The predicted molar refractivity (Wildman–Crippen MR) is 62.7 cm³/mol. The number of nitrogens with one attached hydrogen (secondary N) is 1. The van der Waals surface area contributed by atoms with Crippen molar-refractivity contribution < 1.29 is 0 Å². The minimum absolute atomic E-state index is 0.457. The number of aromatic nitrogens is 1. The average Bonchev–Trinajstić information content (AvgIpc) is 2.59. The molecule has 2 heterocycles. The van der Waals surface area contributed by atoms with Crippen LogP contribution in [-0.4, -0.2) is 11.1 Å². The summed E-state index contributed by atoms with van der Waals surface area (Å²) in [6.07, 6.45) is 2.44. The Morgan fingerprint density at radius 2 is 2.20 bits per heavy atom. The van der Waals surface area contributed by atoms with E-state index in [-0.39, 0.29) is 0 Å². The lowest BCUT2D eigenvalue weighted by Crippen LogP contribution is -2.27. The molecule has 1 aromatic rings. The Morgan fingerprint density at radius 3 is 3.00 bits per heavy atom. The zero-order chi connectivity index (χ0) is 10.6. The Labute approximate surface area is 91.0 Å². The normalized spacial score (nSPS) is 22.1. The fraction of sp³-hybridized carbons (Fsp3) is 0.538. The summed E-state index contributed by atoms with van der Waals surface area (Å²) < 4.78 is 2.46. The summed E-state index contributed by atoms with van der Waals surface area (Å²) in [5.41, 5.74) is 5.95. The van der Waals surface area contributed by atoms with Crippen LogP contribution in [-0.2, 0) is 19.4 Å². The molecule has 2 aliphatic rings. The Morgan fingerprint density at radius 1 is 1.40 bits per heavy atom. The van der Waals surface area contributed by atoms with Gasteiger partial charge in [0.15, 0.2) is 0 Å². The Balaban J connectivity index is 2.10. The van der Waals surface area contributed by atoms with Gasteiger partial charge in [-0.1, -0.05) is 20.4 Å². The van der Waals surface area contributed by atoms with E-state index < -0.39 is 0 Å². The van der Waals surface area contributed by atoms with Gasteiger partial charge in [0.1, 0.15) is 0 Å². The highest BCUT2D eigenvalue weighted by Gasteiger charge is 2.33. The summed E-state index contributed by atoms with van der Waals surface area (Å²) in [6.45, 7) is 10.9. The molecule has 0 aromatic carbocycles. The molecule has 1 aliphatic carbocycles. The highest BCUT2D eigenvalue weighted by atomic mass is 15.1. The number of nitrogens with zero attached hydrogens (tertiary/aromatic N) is 1. The van der Waals surface area contributed by atoms with Gasteiger partial charge >= 0.3 is 0 Å². The first-order valence-electron chi connectivity index (χ1n) is 5.71. The van der Waals surface area contributed by atoms with Crippen LogP contribution < -0.4 is 5.32 Å². The van der Waals surface area contributed by atoms with E-state index in [0.717, 1.165) is 18.8 Å². The van der Waals surface area contributed by atoms with Gasteiger partial charge in [-0.3, -0.25) is 0 Å². The van der Waals surface area contributed by atoms with Crippen molar-refractivity contribution in [3.05, 3.63) is 29.6 Å². The molecule has 0 radical (unpaired) electrons. The first-order chi connectivity index (χ1) is 7.07. The van der Waals surface area contributed by atoms with Crippen molar-refractivity contribution in [2.24, 2.45) is 5.41 Å². The van der Waals surface area contributed by atoms with E-state index in [4.69, 9.17) is 0 Å². The van der Waals surface area contributed by atoms with Gasteiger partial charge < -0.3 is 9.88 Å². The molecule has 0 spiro atoms. The molecule has 2 nitrogen and oxygen atoms in total. The summed E-state index contributed by atoms with van der Waals surface area (Å²) >= 11 is 0. The minimum atomic E-state index is 0.457. The number of hydrogen-bond donors (Lipinski definition) is 1. The van der Waals surface area contributed by atoms with E-state index in [1.807, 2.05) is 0 Å². The molecule has 2 heteroatoms. The topological polar surface area (TPSA) is 17.0 Å². The van der Waals surface area contributed by atoms with Crippen LogP contribution in [0.25, 0.3) is 5.70 Å². The monoisotopic (exact) mass is 202 g/mol. The fourth-order valence-electron chi connectivity index (χ4n) is 2.95. The van der Waals surface area contributed by atoms with Crippen LogP contribution in [0.3, 0.4) is 0 Å². The lowest BCUT2D eigenvalue weighted by Gasteiger charge is -2.23. The lowest BCUT2D eigenvalue weighted by molar-refractivity contribution is 0.383. The van der Waals surface area contributed by atoms with Gasteiger partial charge in [-0.25, -0.2) is 0 Å². The van der Waals surface area contributed by atoms with Crippen molar-refractivity contribution in [2.45, 2.75) is 33.2 Å². The van der Waals surface area contributed by atoms with Gasteiger partial charge in [-0.15, -0.1) is 0 Å². The van der Waals surface area contributed by atoms with Crippen molar-refractivity contribution in [3.8, 4) is 0 Å². The third kappa shape index (κ3) is 1.24. The van der Waals surface area contributed by atoms with E-state index in [1.54, 1.807) is 11.3 Å². The maximum Gasteiger partial charge on any atom is 0.0641 e. The molecule has 1 aliphatic heterocycles. The zero-order valence-corrected chi connectivity index (χ0v) is 9.56. The second kappa shape index (κ2) is 2.69. The first-order valence-corrected chi connectivity index (χ1v) is 5.71. The van der Waals surface area contributed by atoms with Crippen LogP contribution in [0.15, 0.2) is 12.6 Å². The molecule has 0 saturated heterocycles. The molecule has 0 amide bonds. The molecule has 3 rings (SSSR count). The Kier molecular flexibility index (Phi) is 1.63. The van der Waals surface area contributed by atoms with E-state index in [9.17, 15) is 0 Å². The van der Waals surface area contributed by atoms with Crippen molar-refractivity contribution in [2.75, 3.05) is 6.54 Å². The van der Waals surface area contributed by atoms with Gasteiger partial charge in [-0.05, 0) is 29.9 Å². The van der Waals surface area contributed by atoms with Crippen molar-refractivity contribution >= 4 is 5.70 Å². The summed E-state index contributed by atoms with van der Waals surface area (Å²) in [6, 6.07) is 2.33. The Bertz CT molecular complexity index is 438. The predicted octanol–water partition coefficient (Wildman–Crippen LogP) is 2.19. The van der Waals surface area contributed by atoms with E-state index in [1.165, 1.54) is 18.5 Å². The lowest BCUT2D eigenvalue weighted by atomic mass is 9.90. The zero-order valence-electron chi connectivity index (χ0n) is 9.56. The third-order valence-corrected chi connectivity index (χ3v) is 3.60. The number of hydrogen-bond acceptors (Lipinski definition) is 1. The molecule has 0 saturated carbocycles. The number of fused-ring (bicyclic) bond motifs is 3. The highest BCUT2D eigenvalue weighted by molar-refractivity contribution is 5.62. The first kappa shape index (κ1) is 9.08. The average molecular weight is 202 g/mol. The van der Waals surface area contributed by atoms with Gasteiger partial charge in [-0.2, -0.15) is 0 Å². The van der Waals surface area contributed by atoms with E-state index in [2.05, 4.69) is 36.4 Å². The third-order valence-electron chi connectivity index (χ3n) is 3.60. The van der Waals surface area contributed by atoms with Gasteiger partial charge in [0, 0.05) is 18.8 Å². The summed E-state index contributed by atoms with van der Waals surface area (Å²) in [5.74, 6) is 0. The molecule has 0 fully saturated rings. The molecule has 0 atom stereocenters. The van der Waals surface area contributed by atoms with Crippen LogP contribution in [0, 0.1) is 5.41 Å². The molecule has 1 N–H and O–H groups in total. The number of rotatable bonds is 0. The quantitative estimate of drug-likeness (QED) is 0.682. The van der Waals surface area contributed by atoms with Crippen LogP contribution in [0.4, 0.5) is 0 Å². The van der Waals surface area contributed by atoms with Crippen molar-refractivity contribution in [1.82, 2.24) is 9.88 Å². The van der Waals surface area contributed by atoms with E-state index >= 15 is 0 Å². The largest absolute Gasteiger partial charge is 0.382 e. The van der Waals surface area contributed by atoms with Crippen molar-refractivity contribution in [3.63, 3.8) is 0 Å². The van der Waals surface area contributed by atoms with Crippen LogP contribution >= 0.6 is 0 Å². The fourth-order valence-corrected chi connectivity index (χ4v) is 2.95. The SMILES string of the molecule is C=C1NCCn2c1cc1c2CC(C)(C)C1.